The standard InChI is InChI=1S/C46H59N9O10/c1-29(45(62)63)50-23-40(57)54(30(2)35-17-9-13-33-11-5-7-15-37(33)35)27-42(59)51(21-19-47)25-41(58)52(22-20-48)26-43(60)55(28-44(61)53(24-39(49)56)32(4)46(64)65)31(3)36-18-10-14-34-12-6-8-16-38(34)36/h5-18,29-32,50H,19-28,47-48H2,1-4H3,(H2,49,56)(H,62,63)(H,64,65)/t29-,30-,31-,32-/m0/s1. The molecule has 0 aliphatic carbocycles. The summed E-state index contributed by atoms with van der Waals surface area (Å²) in [4.78, 5) is 112. The molecule has 19 heteroatoms. The molecule has 6 amide bonds. The Morgan fingerprint density at radius 1 is 0.523 bits per heavy atom. The topological polar surface area (TPSA) is 283 Å². The minimum Gasteiger partial charge on any atom is -0.480 e. The Kier molecular flexibility index (Phi) is 18.4. The number of hydrogen-bond donors (Lipinski definition) is 6. The van der Waals surface area contributed by atoms with Crippen LogP contribution in [-0.4, -0.2) is 160 Å². The number of nitrogens with zero attached hydrogens (tertiary/aromatic N) is 5. The zero-order valence-corrected chi connectivity index (χ0v) is 37.1. The molecule has 4 aromatic carbocycles. The molecule has 0 radical (unpaired) electrons. The summed E-state index contributed by atoms with van der Waals surface area (Å²) in [5.41, 5.74) is 18.6. The van der Waals surface area contributed by atoms with Crippen molar-refractivity contribution in [3.8, 4) is 0 Å². The van der Waals surface area contributed by atoms with E-state index in [2.05, 4.69) is 5.32 Å². The fourth-order valence-corrected chi connectivity index (χ4v) is 7.51. The van der Waals surface area contributed by atoms with Crippen LogP contribution >= 0.6 is 0 Å². The Balaban J connectivity index is 1.65. The minimum absolute atomic E-state index is 0.0751. The summed E-state index contributed by atoms with van der Waals surface area (Å²) < 4.78 is 0. The highest BCUT2D eigenvalue weighted by Gasteiger charge is 2.34. The Hall–Kier alpha value is -6.96. The van der Waals surface area contributed by atoms with E-state index in [-0.39, 0.29) is 26.2 Å². The molecule has 0 heterocycles. The number of nitrogens with two attached hydrogens (primary N) is 3. The van der Waals surface area contributed by atoms with Crippen LogP contribution in [0.5, 0.6) is 0 Å². The highest BCUT2D eigenvalue weighted by atomic mass is 16.4. The molecule has 0 bridgehead atoms. The molecule has 65 heavy (non-hydrogen) atoms. The summed E-state index contributed by atoms with van der Waals surface area (Å²) in [5.74, 6) is -7.12. The van der Waals surface area contributed by atoms with Gasteiger partial charge in [0, 0.05) is 26.2 Å². The minimum atomic E-state index is -1.48. The van der Waals surface area contributed by atoms with Gasteiger partial charge in [0.1, 0.15) is 31.7 Å². The monoisotopic (exact) mass is 897 g/mol. The first-order valence-electron chi connectivity index (χ1n) is 21.2. The van der Waals surface area contributed by atoms with Gasteiger partial charge in [0.2, 0.25) is 35.4 Å². The van der Waals surface area contributed by atoms with E-state index in [0.717, 1.165) is 41.8 Å². The van der Waals surface area contributed by atoms with Crippen molar-refractivity contribution in [2.24, 2.45) is 17.2 Å². The largest absolute Gasteiger partial charge is 0.480 e. The first-order valence-corrected chi connectivity index (χ1v) is 21.2. The predicted molar refractivity (Wildman–Crippen MR) is 243 cm³/mol. The van der Waals surface area contributed by atoms with Crippen LogP contribution in [0.15, 0.2) is 84.9 Å². The molecule has 0 aliphatic rings. The van der Waals surface area contributed by atoms with E-state index in [0.29, 0.717) is 5.56 Å². The van der Waals surface area contributed by atoms with E-state index in [4.69, 9.17) is 17.2 Å². The van der Waals surface area contributed by atoms with Crippen molar-refractivity contribution >= 4 is 68.9 Å². The van der Waals surface area contributed by atoms with Gasteiger partial charge in [-0.3, -0.25) is 38.9 Å². The zero-order chi connectivity index (χ0) is 48.0. The number of amides is 6. The van der Waals surface area contributed by atoms with Crippen molar-refractivity contribution in [1.82, 2.24) is 29.8 Å². The average molecular weight is 898 g/mol. The average Bonchev–Trinajstić information content (AvgIpc) is 3.28. The first kappa shape index (κ1) is 50.7. The van der Waals surface area contributed by atoms with Crippen LogP contribution in [0.2, 0.25) is 0 Å². The smallest absolute Gasteiger partial charge is 0.326 e. The molecule has 0 unspecified atom stereocenters. The number of nitrogens with one attached hydrogen (secondary N) is 1. The lowest BCUT2D eigenvalue weighted by molar-refractivity contribution is -0.153. The molecule has 0 aromatic heterocycles. The fourth-order valence-electron chi connectivity index (χ4n) is 7.51. The molecule has 0 fully saturated rings. The number of carboxylic acid groups (broad SMARTS) is 2. The molecular formula is C46H59N9O10. The van der Waals surface area contributed by atoms with Gasteiger partial charge in [-0.15, -0.1) is 0 Å². The number of carbonyl (C=O) groups excluding carboxylic acids is 6. The maximum Gasteiger partial charge on any atom is 0.326 e. The van der Waals surface area contributed by atoms with Crippen LogP contribution < -0.4 is 22.5 Å². The number of carbonyl (C=O) groups is 8. The summed E-state index contributed by atoms with van der Waals surface area (Å²) in [5, 5.41) is 25.2. The van der Waals surface area contributed by atoms with Crippen LogP contribution in [-0.2, 0) is 38.4 Å². The molecule has 0 aliphatic heterocycles. The van der Waals surface area contributed by atoms with Crippen molar-refractivity contribution in [2.75, 3.05) is 65.4 Å². The van der Waals surface area contributed by atoms with E-state index in [9.17, 15) is 48.6 Å². The summed E-state index contributed by atoms with van der Waals surface area (Å²) in [6, 6.07) is 21.8. The number of rotatable bonds is 24. The van der Waals surface area contributed by atoms with Gasteiger partial charge < -0.3 is 51.9 Å². The lowest BCUT2D eigenvalue weighted by atomic mass is 9.98. The highest BCUT2D eigenvalue weighted by molar-refractivity contribution is 5.95. The van der Waals surface area contributed by atoms with Crippen molar-refractivity contribution in [1.29, 1.82) is 0 Å². The summed E-state index contributed by atoms with van der Waals surface area (Å²) in [6.07, 6.45) is 0. The summed E-state index contributed by atoms with van der Waals surface area (Å²) >= 11 is 0. The van der Waals surface area contributed by atoms with Gasteiger partial charge in [0.05, 0.1) is 31.7 Å². The Labute approximate surface area is 377 Å². The molecule has 348 valence electrons. The number of benzene rings is 4. The second kappa shape index (κ2) is 23.6. The molecule has 4 aromatic rings. The Morgan fingerprint density at radius 3 is 1.40 bits per heavy atom. The summed E-state index contributed by atoms with van der Waals surface area (Å²) in [6.45, 7) is 1.98. The van der Waals surface area contributed by atoms with Gasteiger partial charge in [-0.2, -0.15) is 0 Å². The van der Waals surface area contributed by atoms with Crippen molar-refractivity contribution in [2.45, 2.75) is 51.9 Å². The number of primary amides is 1. The maximum atomic E-state index is 14.5. The number of hydrogen-bond acceptors (Lipinski definition) is 11. The van der Waals surface area contributed by atoms with Gasteiger partial charge in [0.25, 0.3) is 0 Å². The van der Waals surface area contributed by atoms with Crippen molar-refractivity contribution in [3.05, 3.63) is 96.1 Å². The van der Waals surface area contributed by atoms with Crippen LogP contribution in [0.4, 0.5) is 0 Å². The van der Waals surface area contributed by atoms with Crippen LogP contribution in [0.1, 0.15) is 50.9 Å². The second-order valence-electron chi connectivity index (χ2n) is 15.7. The SMILES string of the molecule is C[C@H](NCC(=O)N(CC(=O)N(CCN)CC(=O)N(CCN)CC(=O)N(CC(=O)N(CC(N)=O)[C@@H](C)C(=O)O)[C@@H](C)c1cccc2ccccc12)[C@@H](C)c1cccc2ccccc12)C(=O)O. The van der Waals surface area contributed by atoms with Gasteiger partial charge in [0.15, 0.2) is 0 Å². The van der Waals surface area contributed by atoms with E-state index < -0.39 is 111 Å². The van der Waals surface area contributed by atoms with Crippen molar-refractivity contribution < 1.29 is 48.6 Å². The van der Waals surface area contributed by atoms with Crippen LogP contribution in [0.25, 0.3) is 21.5 Å². The van der Waals surface area contributed by atoms with E-state index in [1.165, 1.54) is 23.6 Å². The summed E-state index contributed by atoms with van der Waals surface area (Å²) in [7, 11) is 0. The Morgan fingerprint density at radius 2 is 0.938 bits per heavy atom. The van der Waals surface area contributed by atoms with Crippen molar-refractivity contribution in [3.63, 3.8) is 0 Å². The van der Waals surface area contributed by atoms with E-state index in [1.807, 2.05) is 72.8 Å². The normalized spacial score (nSPS) is 13.0. The Bertz CT molecular complexity index is 2370. The highest BCUT2D eigenvalue weighted by Crippen LogP contribution is 2.30. The van der Waals surface area contributed by atoms with Gasteiger partial charge in [-0.05, 0) is 60.4 Å². The van der Waals surface area contributed by atoms with Gasteiger partial charge >= 0.3 is 11.9 Å². The third kappa shape index (κ3) is 13.3. The second-order valence-corrected chi connectivity index (χ2v) is 15.7. The third-order valence-electron chi connectivity index (χ3n) is 11.3. The van der Waals surface area contributed by atoms with Crippen LogP contribution in [0.3, 0.4) is 0 Å². The lowest BCUT2D eigenvalue weighted by Crippen LogP contribution is -2.54. The first-order chi connectivity index (χ1) is 30.9. The third-order valence-corrected chi connectivity index (χ3v) is 11.3. The zero-order valence-electron chi connectivity index (χ0n) is 37.1. The maximum absolute atomic E-state index is 14.5. The molecule has 9 N–H and O–H groups in total. The number of aliphatic carboxylic acids is 2. The molecule has 4 atom stereocenters. The molecule has 0 spiro atoms. The van der Waals surface area contributed by atoms with Gasteiger partial charge in [-0.25, -0.2) is 4.79 Å². The van der Waals surface area contributed by atoms with Gasteiger partial charge in [-0.1, -0.05) is 84.9 Å². The molecule has 4 rings (SSSR count). The molecule has 0 saturated carbocycles. The fraction of sp³-hybridized carbons (Fsp3) is 0.391. The molecule has 0 saturated heterocycles. The number of fused-ring (bicyclic) bond motifs is 2. The number of carboxylic acids is 2. The predicted octanol–water partition coefficient (Wildman–Crippen LogP) is 0.897. The van der Waals surface area contributed by atoms with E-state index >= 15 is 0 Å². The molecular weight excluding hydrogens is 839 g/mol. The molecule has 19 nitrogen and oxygen atoms in total. The lowest BCUT2D eigenvalue weighted by Gasteiger charge is -2.35. The van der Waals surface area contributed by atoms with E-state index in [1.54, 1.807) is 26.0 Å². The quantitative estimate of drug-likeness (QED) is 0.0571. The van der Waals surface area contributed by atoms with Crippen LogP contribution in [0, 0.1) is 0 Å².